The molecule has 4 heteroatoms. The van der Waals surface area contributed by atoms with Crippen LogP contribution >= 0.6 is 0 Å². The Labute approximate surface area is 85.2 Å². The maximum Gasteiger partial charge on any atom is 0.243 e. The minimum Gasteiger partial charge on any atom is -0.392 e. The zero-order valence-electron chi connectivity index (χ0n) is 8.70. The van der Waals surface area contributed by atoms with Crippen LogP contribution in [-0.4, -0.2) is 30.7 Å². The molecule has 1 atom stereocenters. The van der Waals surface area contributed by atoms with Crippen LogP contribution in [0, 0.1) is 5.92 Å². The van der Waals surface area contributed by atoms with Crippen molar-refractivity contribution in [2.75, 3.05) is 19.7 Å². The van der Waals surface area contributed by atoms with E-state index >= 15 is 0 Å². The van der Waals surface area contributed by atoms with Gasteiger partial charge in [-0.2, -0.15) is 0 Å². The van der Waals surface area contributed by atoms with Crippen LogP contribution in [0.1, 0.15) is 19.8 Å². The molecular formula is C10H20N2O2. The van der Waals surface area contributed by atoms with Gasteiger partial charge in [-0.15, -0.1) is 0 Å². The van der Waals surface area contributed by atoms with Gasteiger partial charge in [0.25, 0.3) is 0 Å². The zero-order valence-corrected chi connectivity index (χ0v) is 8.70. The lowest BCUT2D eigenvalue weighted by molar-refractivity contribution is -0.116. The molecule has 0 aromatic rings. The Morgan fingerprint density at radius 1 is 1.64 bits per heavy atom. The Morgan fingerprint density at radius 2 is 2.36 bits per heavy atom. The van der Waals surface area contributed by atoms with E-state index in [2.05, 4.69) is 12.2 Å². The second kappa shape index (κ2) is 8.72. The predicted octanol–water partition coefficient (Wildman–Crippen LogP) is 0.0261. The molecule has 4 nitrogen and oxygen atoms in total. The number of carbonyl (C=O) groups excluding carboxylic acids is 1. The fourth-order valence-corrected chi connectivity index (χ4v) is 0.999. The second-order valence-corrected chi connectivity index (χ2v) is 3.36. The molecule has 1 amide bonds. The summed E-state index contributed by atoms with van der Waals surface area (Å²) in [6.45, 7) is 3.35. The maximum absolute atomic E-state index is 11.0. The fourth-order valence-electron chi connectivity index (χ4n) is 0.999. The van der Waals surface area contributed by atoms with Crippen molar-refractivity contribution in [3.63, 3.8) is 0 Å². The molecule has 0 saturated heterocycles. The summed E-state index contributed by atoms with van der Waals surface area (Å²) < 4.78 is 0. The average Bonchev–Trinajstić information content (AvgIpc) is 2.21. The summed E-state index contributed by atoms with van der Waals surface area (Å²) in [6.07, 6.45) is 4.72. The molecule has 0 aromatic heterocycles. The highest BCUT2D eigenvalue weighted by atomic mass is 16.2. The molecule has 0 aliphatic rings. The topological polar surface area (TPSA) is 75.3 Å². The Kier molecular flexibility index (Phi) is 8.17. The van der Waals surface area contributed by atoms with Gasteiger partial charge in [-0.1, -0.05) is 13.0 Å². The highest BCUT2D eigenvalue weighted by Gasteiger charge is 1.99. The van der Waals surface area contributed by atoms with Crippen LogP contribution in [0.2, 0.25) is 0 Å². The Hall–Kier alpha value is -0.870. The fraction of sp³-hybridized carbons (Fsp3) is 0.700. The first-order chi connectivity index (χ1) is 6.70. The molecule has 0 aliphatic carbocycles. The minimum atomic E-state index is -0.153. The molecule has 0 heterocycles. The number of carbonyl (C=O) groups is 1. The molecule has 0 aliphatic heterocycles. The maximum atomic E-state index is 11.0. The quantitative estimate of drug-likeness (QED) is 0.401. The van der Waals surface area contributed by atoms with E-state index < -0.39 is 0 Å². The number of nitrogens with one attached hydrogen (secondary N) is 1. The zero-order chi connectivity index (χ0) is 10.8. The monoisotopic (exact) mass is 200 g/mol. The lowest BCUT2D eigenvalue weighted by Gasteiger charge is -2.07. The van der Waals surface area contributed by atoms with Gasteiger partial charge in [0.15, 0.2) is 0 Å². The number of aliphatic hydroxyl groups is 1. The summed E-state index contributed by atoms with van der Waals surface area (Å²) in [5.74, 6) is 0.360. The smallest absolute Gasteiger partial charge is 0.243 e. The van der Waals surface area contributed by atoms with Crippen molar-refractivity contribution < 1.29 is 9.90 Å². The molecule has 0 fully saturated rings. The van der Waals surface area contributed by atoms with E-state index in [1.54, 1.807) is 0 Å². The highest BCUT2D eigenvalue weighted by molar-refractivity contribution is 5.87. The van der Waals surface area contributed by atoms with Crippen LogP contribution in [0.25, 0.3) is 0 Å². The number of amides is 1. The summed E-state index contributed by atoms with van der Waals surface area (Å²) >= 11 is 0. The summed E-state index contributed by atoms with van der Waals surface area (Å²) in [5.41, 5.74) is 5.45. The highest BCUT2D eigenvalue weighted by Crippen LogP contribution is 2.01. The molecule has 1 unspecified atom stereocenters. The number of aliphatic hydroxyl groups excluding tert-OH is 1. The average molecular weight is 200 g/mol. The van der Waals surface area contributed by atoms with Crippen molar-refractivity contribution in [2.45, 2.75) is 19.8 Å². The van der Waals surface area contributed by atoms with Crippen LogP contribution in [0.15, 0.2) is 12.2 Å². The van der Waals surface area contributed by atoms with Crippen molar-refractivity contribution in [3.8, 4) is 0 Å². The molecule has 82 valence electrons. The van der Waals surface area contributed by atoms with Gasteiger partial charge in [0.1, 0.15) is 0 Å². The third-order valence-electron chi connectivity index (χ3n) is 1.95. The van der Waals surface area contributed by atoms with Gasteiger partial charge < -0.3 is 16.2 Å². The molecule has 0 saturated carbocycles. The number of hydrogen-bond acceptors (Lipinski definition) is 3. The van der Waals surface area contributed by atoms with Crippen LogP contribution in [-0.2, 0) is 4.79 Å². The predicted molar refractivity (Wildman–Crippen MR) is 56.7 cm³/mol. The molecule has 0 aromatic carbocycles. The van der Waals surface area contributed by atoms with E-state index in [1.165, 1.54) is 12.2 Å². The van der Waals surface area contributed by atoms with Crippen molar-refractivity contribution in [1.82, 2.24) is 5.32 Å². The first kappa shape index (κ1) is 13.1. The van der Waals surface area contributed by atoms with Crippen molar-refractivity contribution in [2.24, 2.45) is 11.7 Å². The normalized spacial score (nSPS) is 13.1. The van der Waals surface area contributed by atoms with Gasteiger partial charge in [-0.25, -0.2) is 0 Å². The summed E-state index contributed by atoms with van der Waals surface area (Å²) in [6, 6.07) is 0. The molecule has 0 bridgehead atoms. The number of rotatable bonds is 7. The van der Waals surface area contributed by atoms with Gasteiger partial charge in [0.05, 0.1) is 6.61 Å². The van der Waals surface area contributed by atoms with Gasteiger partial charge in [0.2, 0.25) is 5.91 Å². The van der Waals surface area contributed by atoms with E-state index in [9.17, 15) is 4.79 Å². The van der Waals surface area contributed by atoms with Gasteiger partial charge >= 0.3 is 0 Å². The Balaban J connectivity index is 3.36. The van der Waals surface area contributed by atoms with Gasteiger partial charge in [0, 0.05) is 12.6 Å². The first-order valence-corrected chi connectivity index (χ1v) is 4.96. The molecule has 0 radical (unpaired) electrons. The van der Waals surface area contributed by atoms with Crippen molar-refractivity contribution in [1.29, 1.82) is 0 Å². The van der Waals surface area contributed by atoms with Gasteiger partial charge in [-0.05, 0) is 25.3 Å². The van der Waals surface area contributed by atoms with E-state index in [0.29, 0.717) is 19.0 Å². The molecule has 0 spiro atoms. The van der Waals surface area contributed by atoms with E-state index in [4.69, 9.17) is 10.8 Å². The molecule has 4 N–H and O–H groups in total. The van der Waals surface area contributed by atoms with Crippen LogP contribution in [0.3, 0.4) is 0 Å². The number of hydrogen-bond donors (Lipinski definition) is 3. The van der Waals surface area contributed by atoms with E-state index in [1.807, 2.05) is 0 Å². The SMILES string of the molecule is CC(CN)CCCNC(=O)/C=C\CO. The lowest BCUT2D eigenvalue weighted by Crippen LogP contribution is -2.23. The summed E-state index contributed by atoms with van der Waals surface area (Å²) in [4.78, 5) is 11.0. The van der Waals surface area contributed by atoms with Crippen LogP contribution < -0.4 is 11.1 Å². The van der Waals surface area contributed by atoms with Crippen molar-refractivity contribution >= 4 is 5.91 Å². The van der Waals surface area contributed by atoms with E-state index in [0.717, 1.165) is 12.8 Å². The third-order valence-corrected chi connectivity index (χ3v) is 1.95. The lowest BCUT2D eigenvalue weighted by atomic mass is 10.1. The standard InChI is InChI=1S/C10H20N2O2/c1-9(8-11)4-2-6-12-10(14)5-3-7-13/h3,5,9,13H,2,4,6-8,11H2,1H3,(H,12,14)/b5-3-. The van der Waals surface area contributed by atoms with Crippen molar-refractivity contribution in [3.05, 3.63) is 12.2 Å². The van der Waals surface area contributed by atoms with E-state index in [-0.39, 0.29) is 12.5 Å². The number of nitrogens with two attached hydrogens (primary N) is 1. The summed E-state index contributed by atoms with van der Waals surface area (Å²) in [5, 5.41) is 11.1. The molecule has 0 rings (SSSR count). The minimum absolute atomic E-state index is 0.0996. The second-order valence-electron chi connectivity index (χ2n) is 3.36. The summed E-state index contributed by atoms with van der Waals surface area (Å²) in [7, 11) is 0. The first-order valence-electron chi connectivity index (χ1n) is 4.96. The van der Waals surface area contributed by atoms with Gasteiger partial charge in [-0.3, -0.25) is 4.79 Å². The Morgan fingerprint density at radius 3 is 2.93 bits per heavy atom. The Bertz CT molecular complexity index is 181. The van der Waals surface area contributed by atoms with Crippen LogP contribution in [0.4, 0.5) is 0 Å². The molecular weight excluding hydrogens is 180 g/mol. The largest absolute Gasteiger partial charge is 0.392 e. The van der Waals surface area contributed by atoms with Crippen LogP contribution in [0.5, 0.6) is 0 Å². The molecule has 14 heavy (non-hydrogen) atoms. The third kappa shape index (κ3) is 7.76.